The van der Waals surface area contributed by atoms with Crippen LogP contribution in [0.25, 0.3) is 10.9 Å². The number of carbonyl (C=O) groups is 1. The molecule has 40 heavy (non-hydrogen) atoms. The highest BCUT2D eigenvalue weighted by Gasteiger charge is 2.17. The molecule has 0 saturated heterocycles. The Kier molecular flexibility index (Phi) is 8.38. The first-order valence-electron chi connectivity index (χ1n) is 13.0. The molecule has 2 aromatic heterocycles. The fourth-order valence-electron chi connectivity index (χ4n) is 4.33. The molecule has 1 atom stereocenters. The van der Waals surface area contributed by atoms with E-state index in [-0.39, 0.29) is 11.9 Å². The molecule has 0 aliphatic rings. The maximum atomic E-state index is 13.4. The van der Waals surface area contributed by atoms with Gasteiger partial charge in [-0.15, -0.1) is 0 Å². The van der Waals surface area contributed by atoms with Gasteiger partial charge in [0.1, 0.15) is 0 Å². The molecule has 0 aliphatic heterocycles. The first-order chi connectivity index (χ1) is 19.3. The summed E-state index contributed by atoms with van der Waals surface area (Å²) in [6.07, 6.45) is 3.65. The first kappa shape index (κ1) is 27.7. The maximum Gasteiger partial charge on any atom is 0.251 e. The van der Waals surface area contributed by atoms with Crippen molar-refractivity contribution in [2.75, 3.05) is 11.1 Å². The summed E-state index contributed by atoms with van der Waals surface area (Å²) in [5, 5.41) is 7.61. The van der Waals surface area contributed by atoms with Crippen LogP contribution in [-0.4, -0.2) is 15.9 Å². The second-order valence-electron chi connectivity index (χ2n) is 9.86. The molecule has 202 valence electrons. The minimum atomic E-state index is -0.173. The van der Waals surface area contributed by atoms with E-state index >= 15 is 0 Å². The van der Waals surface area contributed by atoms with Gasteiger partial charge in [0, 0.05) is 49.0 Å². The number of hydrogen-bond acceptors (Lipinski definition) is 6. The van der Waals surface area contributed by atoms with Gasteiger partial charge in [0.2, 0.25) is 0 Å². The lowest BCUT2D eigenvalue weighted by atomic mass is 10.1. The van der Waals surface area contributed by atoms with Crippen LogP contribution in [-0.2, 0) is 0 Å². The van der Waals surface area contributed by atoms with Crippen LogP contribution in [0.15, 0.2) is 106 Å². The van der Waals surface area contributed by atoms with Crippen molar-refractivity contribution < 1.29 is 4.79 Å². The van der Waals surface area contributed by atoms with Crippen LogP contribution < -0.4 is 16.4 Å². The Morgan fingerprint density at radius 1 is 0.925 bits per heavy atom. The molecule has 3 aromatic carbocycles. The summed E-state index contributed by atoms with van der Waals surface area (Å²) in [4.78, 5) is 24.6. The van der Waals surface area contributed by atoms with Crippen LogP contribution in [0.4, 0.5) is 17.1 Å². The lowest BCUT2D eigenvalue weighted by Crippen LogP contribution is -2.26. The molecule has 1 unspecified atom stereocenters. The van der Waals surface area contributed by atoms with Gasteiger partial charge in [0.15, 0.2) is 0 Å². The van der Waals surface area contributed by atoms with Gasteiger partial charge in [-0.05, 0) is 79.1 Å². The van der Waals surface area contributed by atoms with E-state index in [4.69, 9.17) is 5.73 Å². The maximum absolute atomic E-state index is 13.4. The standard InChI is InChI=1S/C32H30BrN5OS/c1-19(2)28-17-29-25(18-36-28)27(14-15-35-29)38-30-16-21(8-13-31(30)40-23-11-9-22(34)10-12-23)32(39)37-20(3)24-6-4-5-7-26(24)33/h4-20H,34H2,1-3H3,(H,35,38)(H,37,39). The molecule has 0 saturated carbocycles. The fourth-order valence-corrected chi connectivity index (χ4v) is 5.84. The number of hydrogen-bond donors (Lipinski definition) is 3. The minimum Gasteiger partial charge on any atom is -0.399 e. The fraction of sp³-hybridized carbons (Fsp3) is 0.156. The largest absolute Gasteiger partial charge is 0.399 e. The molecule has 8 heteroatoms. The molecule has 5 aromatic rings. The molecule has 0 fully saturated rings. The van der Waals surface area contributed by atoms with Crippen molar-refractivity contribution >= 4 is 61.6 Å². The number of pyridine rings is 2. The molecule has 0 aliphatic carbocycles. The van der Waals surface area contributed by atoms with Gasteiger partial charge in [0.25, 0.3) is 5.91 Å². The number of nitrogens with zero attached hydrogens (tertiary/aromatic N) is 2. The van der Waals surface area contributed by atoms with Gasteiger partial charge in [-0.3, -0.25) is 14.8 Å². The third-order valence-electron chi connectivity index (χ3n) is 6.58. The lowest BCUT2D eigenvalue weighted by molar-refractivity contribution is 0.0939. The van der Waals surface area contributed by atoms with Gasteiger partial charge in [-0.1, -0.05) is 59.7 Å². The van der Waals surface area contributed by atoms with E-state index in [1.807, 2.05) is 92.0 Å². The van der Waals surface area contributed by atoms with E-state index in [1.165, 1.54) is 0 Å². The summed E-state index contributed by atoms with van der Waals surface area (Å²) in [7, 11) is 0. The number of nitrogen functional groups attached to an aromatic ring is 1. The van der Waals surface area contributed by atoms with Crippen molar-refractivity contribution in [2.24, 2.45) is 0 Å². The van der Waals surface area contributed by atoms with Crippen LogP contribution >= 0.6 is 27.7 Å². The number of rotatable bonds is 8. The van der Waals surface area contributed by atoms with Gasteiger partial charge in [-0.2, -0.15) is 0 Å². The summed E-state index contributed by atoms with van der Waals surface area (Å²) in [5.74, 6) is 0.151. The number of fused-ring (bicyclic) bond motifs is 1. The molecule has 5 rings (SSSR count). The Bertz CT molecular complexity index is 1670. The van der Waals surface area contributed by atoms with Crippen LogP contribution in [0, 0.1) is 0 Å². The third kappa shape index (κ3) is 6.29. The quantitative estimate of drug-likeness (QED) is 0.152. The van der Waals surface area contributed by atoms with E-state index < -0.39 is 0 Å². The van der Waals surface area contributed by atoms with E-state index in [2.05, 4.69) is 50.4 Å². The summed E-state index contributed by atoms with van der Waals surface area (Å²) in [6.45, 7) is 6.21. The van der Waals surface area contributed by atoms with Crippen LogP contribution in [0.1, 0.15) is 54.3 Å². The van der Waals surface area contributed by atoms with Crippen molar-refractivity contribution in [3.8, 4) is 0 Å². The number of carbonyl (C=O) groups excluding carboxylic acids is 1. The Balaban J connectivity index is 1.49. The summed E-state index contributed by atoms with van der Waals surface area (Å²) in [5.41, 5.74) is 11.7. The highest BCUT2D eigenvalue weighted by Crippen LogP contribution is 2.37. The Morgan fingerprint density at radius 3 is 2.45 bits per heavy atom. The number of nitrogens with one attached hydrogen (secondary N) is 2. The summed E-state index contributed by atoms with van der Waals surface area (Å²) in [6, 6.07) is 25.1. The Labute approximate surface area is 247 Å². The van der Waals surface area contributed by atoms with Gasteiger partial charge < -0.3 is 16.4 Å². The molecule has 4 N–H and O–H groups in total. The first-order valence-corrected chi connectivity index (χ1v) is 14.6. The minimum absolute atomic E-state index is 0.154. The topological polar surface area (TPSA) is 92.9 Å². The molecule has 0 radical (unpaired) electrons. The third-order valence-corrected chi connectivity index (χ3v) is 8.38. The van der Waals surface area contributed by atoms with Crippen molar-refractivity contribution in [1.82, 2.24) is 15.3 Å². The number of nitrogens with two attached hydrogens (primary N) is 1. The molecule has 0 spiro atoms. The second-order valence-corrected chi connectivity index (χ2v) is 11.8. The highest BCUT2D eigenvalue weighted by atomic mass is 79.9. The predicted octanol–water partition coefficient (Wildman–Crippen LogP) is 8.48. The predicted molar refractivity (Wildman–Crippen MR) is 168 cm³/mol. The summed E-state index contributed by atoms with van der Waals surface area (Å²) >= 11 is 5.19. The van der Waals surface area contributed by atoms with E-state index in [9.17, 15) is 4.79 Å². The zero-order valence-electron chi connectivity index (χ0n) is 22.5. The van der Waals surface area contributed by atoms with Crippen molar-refractivity contribution in [1.29, 1.82) is 0 Å². The van der Waals surface area contributed by atoms with Crippen molar-refractivity contribution in [2.45, 2.75) is 42.5 Å². The molecule has 1 amide bonds. The average molecular weight is 613 g/mol. The molecule has 2 heterocycles. The van der Waals surface area contributed by atoms with Gasteiger partial charge in [-0.25, -0.2) is 0 Å². The van der Waals surface area contributed by atoms with Crippen LogP contribution in [0.3, 0.4) is 0 Å². The van der Waals surface area contributed by atoms with E-state index in [0.29, 0.717) is 17.2 Å². The molecule has 6 nitrogen and oxygen atoms in total. The number of aromatic nitrogens is 2. The average Bonchev–Trinajstić information content (AvgIpc) is 2.95. The van der Waals surface area contributed by atoms with Gasteiger partial charge in [0.05, 0.1) is 22.9 Å². The van der Waals surface area contributed by atoms with Gasteiger partial charge >= 0.3 is 0 Å². The number of anilines is 3. The summed E-state index contributed by atoms with van der Waals surface area (Å²) < 4.78 is 0.958. The Morgan fingerprint density at radius 2 is 1.70 bits per heavy atom. The van der Waals surface area contributed by atoms with E-state index in [0.717, 1.165) is 47.8 Å². The zero-order valence-corrected chi connectivity index (χ0v) is 24.9. The zero-order chi connectivity index (χ0) is 28.2. The molecular weight excluding hydrogens is 582 g/mol. The highest BCUT2D eigenvalue weighted by molar-refractivity contribution is 9.10. The Hall–Kier alpha value is -3.88. The molecule has 0 bridgehead atoms. The number of halogens is 1. The monoisotopic (exact) mass is 611 g/mol. The second kappa shape index (κ2) is 12.1. The van der Waals surface area contributed by atoms with Crippen molar-refractivity contribution in [3.05, 3.63) is 113 Å². The van der Waals surface area contributed by atoms with E-state index in [1.54, 1.807) is 18.0 Å². The lowest BCUT2D eigenvalue weighted by Gasteiger charge is -2.18. The number of amides is 1. The van der Waals surface area contributed by atoms with Crippen LogP contribution in [0.5, 0.6) is 0 Å². The normalized spacial score (nSPS) is 11.9. The number of benzene rings is 3. The smallest absolute Gasteiger partial charge is 0.251 e. The SMILES string of the molecule is CC(C)c1cc2nccc(Nc3cc(C(=O)NC(C)c4ccccc4Br)ccc3Sc3ccc(N)cc3)c2cn1. The van der Waals surface area contributed by atoms with Crippen molar-refractivity contribution in [3.63, 3.8) is 0 Å². The van der Waals surface area contributed by atoms with Crippen LogP contribution in [0.2, 0.25) is 0 Å². The molecular formula is C32H30BrN5OS.